The van der Waals surface area contributed by atoms with Gasteiger partial charge >= 0.3 is 0 Å². The highest BCUT2D eigenvalue weighted by Crippen LogP contribution is 2.13. The molecule has 0 saturated carbocycles. The molecule has 0 bridgehead atoms. The van der Waals surface area contributed by atoms with Crippen LogP contribution in [0.1, 0.15) is 12.0 Å². The quantitative estimate of drug-likeness (QED) is 0.811. The molecule has 1 saturated heterocycles. The number of nitrogens with zero attached hydrogens (tertiary/aromatic N) is 1. The van der Waals surface area contributed by atoms with E-state index in [-0.39, 0.29) is 11.8 Å². The highest BCUT2D eigenvalue weighted by atomic mass is 32.2. The van der Waals surface area contributed by atoms with E-state index in [2.05, 4.69) is 29.4 Å². The lowest BCUT2D eigenvalue weighted by atomic mass is 10.2. The van der Waals surface area contributed by atoms with E-state index in [1.807, 2.05) is 12.1 Å². The van der Waals surface area contributed by atoms with Crippen LogP contribution in [-0.4, -0.2) is 58.1 Å². The van der Waals surface area contributed by atoms with Crippen LogP contribution in [0, 0.1) is 0 Å². The summed E-state index contributed by atoms with van der Waals surface area (Å²) in [4.78, 5) is 2.22. The second-order valence-corrected chi connectivity index (χ2v) is 7.87. The number of rotatable bonds is 7. The number of hydrogen-bond acceptors (Lipinski definition) is 5. The Balaban J connectivity index is 1.68. The molecule has 6 heteroatoms. The minimum absolute atomic E-state index is 0.129. The molecule has 1 aromatic carbocycles. The van der Waals surface area contributed by atoms with Crippen molar-refractivity contribution in [1.82, 2.24) is 10.2 Å². The first kappa shape index (κ1) is 16.3. The first-order valence-corrected chi connectivity index (χ1v) is 9.06. The lowest BCUT2D eigenvalue weighted by Crippen LogP contribution is -2.36. The number of hydrogen-bond donors (Lipinski definition) is 1. The van der Waals surface area contributed by atoms with Crippen LogP contribution in [0.3, 0.4) is 0 Å². The molecule has 1 aliphatic rings. The number of ether oxygens (including phenoxy) is 1. The van der Waals surface area contributed by atoms with E-state index >= 15 is 0 Å². The normalized spacial score (nSPS) is 20.8. The third-order valence-corrected chi connectivity index (χ3v) is 5.54. The van der Waals surface area contributed by atoms with Crippen molar-refractivity contribution in [2.24, 2.45) is 0 Å². The maximum atomic E-state index is 11.4. The van der Waals surface area contributed by atoms with Gasteiger partial charge in [-0.1, -0.05) is 12.1 Å². The summed E-state index contributed by atoms with van der Waals surface area (Å²) in [5.41, 5.74) is 1.24. The summed E-state index contributed by atoms with van der Waals surface area (Å²) in [7, 11) is 0.940. The molecular formula is C15H24N2O3S. The van der Waals surface area contributed by atoms with Crippen molar-refractivity contribution in [3.05, 3.63) is 29.8 Å². The number of likely N-dealkylation sites (N-methyl/N-ethyl adjacent to an activating group) is 1. The third-order valence-electron chi connectivity index (χ3n) is 3.77. The number of methoxy groups -OCH3 is 1. The molecule has 118 valence electrons. The lowest BCUT2D eigenvalue weighted by molar-refractivity contribution is 0.318. The van der Waals surface area contributed by atoms with Crippen molar-refractivity contribution < 1.29 is 13.2 Å². The Labute approximate surface area is 127 Å². The predicted molar refractivity (Wildman–Crippen MR) is 84.4 cm³/mol. The zero-order valence-corrected chi connectivity index (χ0v) is 13.5. The molecule has 1 aliphatic heterocycles. The topological polar surface area (TPSA) is 58.6 Å². The van der Waals surface area contributed by atoms with E-state index in [0.29, 0.717) is 5.75 Å². The lowest BCUT2D eigenvalue weighted by Gasteiger charge is -2.18. The van der Waals surface area contributed by atoms with Gasteiger partial charge in [0.1, 0.15) is 5.75 Å². The monoisotopic (exact) mass is 312 g/mol. The zero-order chi connectivity index (χ0) is 15.3. The fourth-order valence-corrected chi connectivity index (χ4v) is 4.25. The zero-order valence-electron chi connectivity index (χ0n) is 12.7. The van der Waals surface area contributed by atoms with Gasteiger partial charge in [-0.05, 0) is 31.2 Å². The Hall–Kier alpha value is -1.11. The molecule has 1 unspecified atom stereocenters. The maximum Gasteiger partial charge on any atom is 0.151 e. The molecule has 0 spiro atoms. The molecule has 0 amide bonds. The SMILES string of the molecule is COc1ccc(CN(C)CCNC2CCS(=O)(=O)C2)cc1. The molecule has 1 aromatic rings. The summed E-state index contributed by atoms with van der Waals surface area (Å²) in [6.45, 7) is 2.57. The standard InChI is InChI=1S/C15H24N2O3S/c1-17(11-13-3-5-15(20-2)6-4-13)9-8-16-14-7-10-21(18,19)12-14/h3-6,14,16H,7-12H2,1-2H3. The number of sulfone groups is 1. The molecule has 21 heavy (non-hydrogen) atoms. The van der Waals surface area contributed by atoms with Crippen LogP contribution in [0.4, 0.5) is 0 Å². The fourth-order valence-electron chi connectivity index (χ4n) is 2.54. The number of benzene rings is 1. The van der Waals surface area contributed by atoms with Gasteiger partial charge in [0, 0.05) is 25.7 Å². The van der Waals surface area contributed by atoms with E-state index in [9.17, 15) is 8.42 Å². The van der Waals surface area contributed by atoms with Gasteiger partial charge < -0.3 is 15.0 Å². The van der Waals surface area contributed by atoms with E-state index in [1.165, 1.54) is 5.56 Å². The minimum atomic E-state index is -2.79. The van der Waals surface area contributed by atoms with E-state index in [1.54, 1.807) is 7.11 Å². The Kier molecular flexibility index (Phi) is 5.61. The molecule has 1 heterocycles. The second-order valence-electron chi connectivity index (χ2n) is 5.64. The average molecular weight is 312 g/mol. The molecular weight excluding hydrogens is 288 g/mol. The summed E-state index contributed by atoms with van der Waals surface area (Å²) in [5.74, 6) is 1.48. The molecule has 1 fully saturated rings. The molecule has 1 N–H and O–H groups in total. The van der Waals surface area contributed by atoms with E-state index in [0.717, 1.165) is 31.8 Å². The van der Waals surface area contributed by atoms with Crippen molar-refractivity contribution >= 4 is 9.84 Å². The molecule has 1 atom stereocenters. The van der Waals surface area contributed by atoms with Crippen molar-refractivity contribution in [2.75, 3.05) is 38.8 Å². The predicted octanol–water partition coefficient (Wildman–Crippen LogP) is 0.904. The summed E-state index contributed by atoms with van der Waals surface area (Å²) in [6.07, 6.45) is 0.741. The largest absolute Gasteiger partial charge is 0.497 e. The van der Waals surface area contributed by atoms with Crippen molar-refractivity contribution in [1.29, 1.82) is 0 Å². The summed E-state index contributed by atoms with van der Waals surface area (Å²) >= 11 is 0. The summed E-state index contributed by atoms with van der Waals surface area (Å²) < 4.78 is 27.9. The van der Waals surface area contributed by atoms with E-state index < -0.39 is 9.84 Å². The minimum Gasteiger partial charge on any atom is -0.497 e. The van der Waals surface area contributed by atoms with Crippen LogP contribution < -0.4 is 10.1 Å². The van der Waals surface area contributed by atoms with Crippen LogP contribution in [0.5, 0.6) is 5.75 Å². The number of nitrogens with one attached hydrogen (secondary N) is 1. The van der Waals surface area contributed by atoms with Crippen molar-refractivity contribution in [2.45, 2.75) is 19.0 Å². The van der Waals surface area contributed by atoms with Gasteiger partial charge in [-0.2, -0.15) is 0 Å². The van der Waals surface area contributed by atoms with Gasteiger partial charge in [0.2, 0.25) is 0 Å². The Morgan fingerprint density at radius 1 is 1.33 bits per heavy atom. The van der Waals surface area contributed by atoms with Crippen LogP contribution in [0.15, 0.2) is 24.3 Å². The van der Waals surface area contributed by atoms with Gasteiger partial charge in [-0.25, -0.2) is 8.42 Å². The smallest absolute Gasteiger partial charge is 0.151 e. The fraction of sp³-hybridized carbons (Fsp3) is 0.600. The van der Waals surface area contributed by atoms with Gasteiger partial charge in [-0.3, -0.25) is 0 Å². The third kappa shape index (κ3) is 5.30. The van der Waals surface area contributed by atoms with Gasteiger partial charge in [0.25, 0.3) is 0 Å². The van der Waals surface area contributed by atoms with Gasteiger partial charge in [-0.15, -0.1) is 0 Å². The molecule has 5 nitrogen and oxygen atoms in total. The second kappa shape index (κ2) is 7.24. The van der Waals surface area contributed by atoms with Gasteiger partial charge in [0.05, 0.1) is 18.6 Å². The van der Waals surface area contributed by atoms with Crippen LogP contribution >= 0.6 is 0 Å². The van der Waals surface area contributed by atoms with Crippen LogP contribution in [-0.2, 0) is 16.4 Å². The molecule has 0 aromatic heterocycles. The Morgan fingerprint density at radius 2 is 2.05 bits per heavy atom. The van der Waals surface area contributed by atoms with Gasteiger partial charge in [0.15, 0.2) is 9.84 Å². The van der Waals surface area contributed by atoms with E-state index in [4.69, 9.17) is 4.74 Å². The first-order valence-electron chi connectivity index (χ1n) is 7.24. The highest BCUT2D eigenvalue weighted by Gasteiger charge is 2.27. The average Bonchev–Trinajstić information content (AvgIpc) is 2.79. The summed E-state index contributed by atoms with van der Waals surface area (Å²) in [5, 5.41) is 3.33. The molecule has 2 rings (SSSR count). The first-order chi connectivity index (χ1) is 9.98. The molecule has 0 aliphatic carbocycles. The Morgan fingerprint density at radius 3 is 2.62 bits per heavy atom. The van der Waals surface area contributed by atoms with Crippen LogP contribution in [0.2, 0.25) is 0 Å². The molecule has 0 radical (unpaired) electrons. The van der Waals surface area contributed by atoms with Crippen molar-refractivity contribution in [3.63, 3.8) is 0 Å². The Bertz CT molecular complexity index is 543. The highest BCUT2D eigenvalue weighted by molar-refractivity contribution is 7.91. The van der Waals surface area contributed by atoms with Crippen molar-refractivity contribution in [3.8, 4) is 5.75 Å². The maximum absolute atomic E-state index is 11.4. The summed E-state index contributed by atoms with van der Waals surface area (Å²) in [6, 6.07) is 8.18. The van der Waals surface area contributed by atoms with Crippen LogP contribution in [0.25, 0.3) is 0 Å².